The summed E-state index contributed by atoms with van der Waals surface area (Å²) in [6.45, 7) is 1.89. The van der Waals surface area contributed by atoms with Crippen LogP contribution >= 0.6 is 11.3 Å². The fourth-order valence-corrected chi connectivity index (χ4v) is 4.10. The summed E-state index contributed by atoms with van der Waals surface area (Å²) in [4.78, 5) is 4.50. The number of ether oxygens (including phenoxy) is 2. The molecule has 0 saturated carbocycles. The normalized spacial score (nSPS) is 17.8. The first-order chi connectivity index (χ1) is 12.9. The second-order valence-electron chi connectivity index (χ2n) is 6.66. The molecule has 5 heteroatoms. The molecule has 0 aliphatic carbocycles. The minimum atomic E-state index is 0.596. The quantitative estimate of drug-likeness (QED) is 0.633. The maximum atomic E-state index is 5.89. The van der Waals surface area contributed by atoms with Crippen molar-refractivity contribution in [3.8, 4) is 16.7 Å². The molecule has 136 valence electrons. The van der Waals surface area contributed by atoms with Crippen LogP contribution in [0.25, 0.3) is 10.2 Å². The minimum Gasteiger partial charge on any atom is -0.494 e. The molecule has 1 atom stereocenters. The van der Waals surface area contributed by atoms with Gasteiger partial charge in [0.2, 0.25) is 0 Å². The third-order valence-corrected chi connectivity index (χ3v) is 5.61. The van der Waals surface area contributed by atoms with Crippen LogP contribution < -0.4 is 14.8 Å². The Labute approximate surface area is 158 Å². The lowest BCUT2D eigenvalue weighted by molar-refractivity contribution is 0.283. The third kappa shape index (κ3) is 4.54. The van der Waals surface area contributed by atoms with Crippen molar-refractivity contribution < 1.29 is 9.47 Å². The molecule has 4 rings (SSSR count). The van der Waals surface area contributed by atoms with Gasteiger partial charge in [0.05, 0.1) is 16.8 Å². The molecule has 1 saturated heterocycles. The summed E-state index contributed by atoms with van der Waals surface area (Å²) in [5.41, 5.74) is 0.972. The largest absolute Gasteiger partial charge is 0.494 e. The van der Waals surface area contributed by atoms with E-state index in [-0.39, 0.29) is 0 Å². The summed E-state index contributed by atoms with van der Waals surface area (Å²) in [7, 11) is 0. The van der Waals surface area contributed by atoms with Gasteiger partial charge in [-0.25, -0.2) is 4.98 Å². The number of fused-ring (bicyclic) bond motifs is 1. The van der Waals surface area contributed by atoms with Crippen molar-refractivity contribution in [2.75, 3.05) is 13.2 Å². The van der Waals surface area contributed by atoms with Gasteiger partial charge in [0.1, 0.15) is 11.5 Å². The molecule has 0 spiro atoms. The fourth-order valence-electron chi connectivity index (χ4n) is 3.27. The Hall–Kier alpha value is -2.11. The number of rotatable bonds is 6. The molecule has 1 aliphatic rings. The van der Waals surface area contributed by atoms with Crippen LogP contribution in [0.3, 0.4) is 0 Å². The van der Waals surface area contributed by atoms with Crippen LogP contribution in [0.1, 0.15) is 32.1 Å². The van der Waals surface area contributed by atoms with Gasteiger partial charge in [-0.1, -0.05) is 36.3 Å². The molecule has 1 aromatic heterocycles. The molecule has 0 amide bonds. The van der Waals surface area contributed by atoms with Gasteiger partial charge in [-0.2, -0.15) is 0 Å². The van der Waals surface area contributed by atoms with Crippen LogP contribution in [0, 0.1) is 0 Å². The van der Waals surface area contributed by atoms with Crippen molar-refractivity contribution in [3.05, 3.63) is 48.5 Å². The Morgan fingerprint density at radius 3 is 2.73 bits per heavy atom. The van der Waals surface area contributed by atoms with Crippen molar-refractivity contribution in [1.82, 2.24) is 10.3 Å². The molecule has 2 heterocycles. The van der Waals surface area contributed by atoms with E-state index in [1.54, 1.807) is 11.3 Å². The first-order valence-electron chi connectivity index (χ1n) is 9.36. The summed E-state index contributed by atoms with van der Waals surface area (Å²) in [5, 5.41) is 4.28. The highest BCUT2D eigenvalue weighted by molar-refractivity contribution is 7.20. The average Bonchev–Trinajstić information content (AvgIpc) is 2.89. The van der Waals surface area contributed by atoms with Crippen molar-refractivity contribution in [3.63, 3.8) is 0 Å². The Balaban J connectivity index is 1.29. The van der Waals surface area contributed by atoms with Gasteiger partial charge in [0, 0.05) is 6.04 Å². The number of nitrogens with zero attached hydrogens (tertiary/aromatic N) is 1. The topological polar surface area (TPSA) is 43.4 Å². The zero-order valence-corrected chi connectivity index (χ0v) is 15.6. The van der Waals surface area contributed by atoms with E-state index in [1.165, 1.54) is 25.7 Å². The van der Waals surface area contributed by atoms with Gasteiger partial charge in [-0.15, -0.1) is 0 Å². The van der Waals surface area contributed by atoms with E-state index in [4.69, 9.17) is 9.47 Å². The van der Waals surface area contributed by atoms with E-state index < -0.39 is 0 Å². The van der Waals surface area contributed by atoms with E-state index in [0.29, 0.717) is 11.2 Å². The Morgan fingerprint density at radius 1 is 1.00 bits per heavy atom. The lowest BCUT2D eigenvalue weighted by atomic mass is 10.1. The molecule has 1 N–H and O–H groups in total. The average molecular weight is 369 g/mol. The highest BCUT2D eigenvalue weighted by atomic mass is 32.1. The van der Waals surface area contributed by atoms with Crippen molar-refractivity contribution in [2.24, 2.45) is 0 Å². The second-order valence-corrected chi connectivity index (χ2v) is 7.65. The number of hydrogen-bond donors (Lipinski definition) is 1. The summed E-state index contributed by atoms with van der Waals surface area (Å²) in [6, 6.07) is 16.4. The van der Waals surface area contributed by atoms with E-state index in [1.807, 2.05) is 42.5 Å². The molecule has 1 fully saturated rings. The number of aromatic nitrogens is 1. The summed E-state index contributed by atoms with van der Waals surface area (Å²) in [6.07, 6.45) is 6.30. The first kappa shape index (κ1) is 17.3. The summed E-state index contributed by atoms with van der Waals surface area (Å²) in [5.74, 6) is 1.66. The zero-order valence-electron chi connectivity index (χ0n) is 14.8. The molecule has 4 nitrogen and oxygen atoms in total. The number of nitrogens with one attached hydrogen (secondary N) is 1. The minimum absolute atomic E-state index is 0.596. The third-order valence-electron chi connectivity index (χ3n) is 4.70. The Kier molecular flexibility index (Phi) is 5.67. The van der Waals surface area contributed by atoms with E-state index in [9.17, 15) is 0 Å². The van der Waals surface area contributed by atoms with Crippen LogP contribution in [-0.4, -0.2) is 24.2 Å². The summed E-state index contributed by atoms with van der Waals surface area (Å²) < 4.78 is 12.9. The maximum absolute atomic E-state index is 5.89. The van der Waals surface area contributed by atoms with Crippen LogP contribution in [0.4, 0.5) is 0 Å². The Morgan fingerprint density at radius 2 is 1.85 bits per heavy atom. The number of benzene rings is 2. The highest BCUT2D eigenvalue weighted by Crippen LogP contribution is 2.31. The standard InChI is InChI=1S/C21H24N2O2S/c1-2-6-16(22-14-5-1)13-15-24-17-9-11-18(12-10-17)25-21-23-19-7-3-4-8-20(19)26-21/h3-4,7-12,16,22H,1-2,5-6,13-15H2. The molecule has 0 radical (unpaired) electrons. The maximum Gasteiger partial charge on any atom is 0.279 e. The smallest absolute Gasteiger partial charge is 0.279 e. The van der Waals surface area contributed by atoms with E-state index >= 15 is 0 Å². The molecule has 1 unspecified atom stereocenters. The van der Waals surface area contributed by atoms with Gasteiger partial charge in [0.25, 0.3) is 5.19 Å². The fraction of sp³-hybridized carbons (Fsp3) is 0.381. The van der Waals surface area contributed by atoms with Gasteiger partial charge in [-0.05, 0) is 62.2 Å². The second kappa shape index (κ2) is 8.52. The SMILES string of the molecule is c1ccc2sc(Oc3ccc(OCCC4CCCCCN4)cc3)nc2c1. The van der Waals surface area contributed by atoms with Gasteiger partial charge in [-0.3, -0.25) is 0 Å². The van der Waals surface area contributed by atoms with E-state index in [2.05, 4.69) is 16.4 Å². The monoisotopic (exact) mass is 368 g/mol. The van der Waals surface area contributed by atoms with Crippen LogP contribution in [0.2, 0.25) is 0 Å². The van der Waals surface area contributed by atoms with E-state index in [0.717, 1.165) is 41.3 Å². The van der Waals surface area contributed by atoms with Crippen molar-refractivity contribution in [2.45, 2.75) is 38.1 Å². The molecule has 2 aromatic carbocycles. The molecular weight excluding hydrogens is 344 g/mol. The predicted octanol–water partition coefficient (Wildman–Crippen LogP) is 5.39. The molecule has 3 aromatic rings. The van der Waals surface area contributed by atoms with Crippen molar-refractivity contribution in [1.29, 1.82) is 0 Å². The molecule has 0 bridgehead atoms. The zero-order chi connectivity index (χ0) is 17.6. The molecule has 1 aliphatic heterocycles. The lowest BCUT2D eigenvalue weighted by Gasteiger charge is -2.16. The Bertz CT molecular complexity index is 790. The lowest BCUT2D eigenvalue weighted by Crippen LogP contribution is -2.29. The van der Waals surface area contributed by atoms with Crippen LogP contribution in [0.5, 0.6) is 16.7 Å². The molecule has 26 heavy (non-hydrogen) atoms. The molecular formula is C21H24N2O2S. The number of thiazole rings is 1. The number of hydrogen-bond acceptors (Lipinski definition) is 5. The highest BCUT2D eigenvalue weighted by Gasteiger charge is 2.11. The first-order valence-corrected chi connectivity index (χ1v) is 10.2. The number of para-hydroxylation sites is 1. The van der Waals surface area contributed by atoms with Crippen LogP contribution in [-0.2, 0) is 0 Å². The summed E-state index contributed by atoms with van der Waals surface area (Å²) >= 11 is 1.56. The van der Waals surface area contributed by atoms with Crippen molar-refractivity contribution >= 4 is 21.6 Å². The van der Waals surface area contributed by atoms with Crippen LogP contribution in [0.15, 0.2) is 48.5 Å². The predicted molar refractivity (Wildman–Crippen MR) is 107 cm³/mol. The van der Waals surface area contributed by atoms with Gasteiger partial charge < -0.3 is 14.8 Å². The van der Waals surface area contributed by atoms with Gasteiger partial charge >= 0.3 is 0 Å². The van der Waals surface area contributed by atoms with Gasteiger partial charge in [0.15, 0.2) is 0 Å².